The summed E-state index contributed by atoms with van der Waals surface area (Å²) in [6.07, 6.45) is 0.603. The van der Waals surface area contributed by atoms with Gasteiger partial charge in [-0.3, -0.25) is 11.3 Å². The lowest BCUT2D eigenvalue weighted by Crippen LogP contribution is -2.29. The third-order valence-corrected chi connectivity index (χ3v) is 3.29. The van der Waals surface area contributed by atoms with Crippen molar-refractivity contribution in [2.24, 2.45) is 5.84 Å². The first-order valence-corrected chi connectivity index (χ1v) is 6.71. The smallest absolute Gasteiger partial charge is 0.387 e. The second kappa shape index (κ2) is 7.36. The minimum atomic E-state index is -2.85. The van der Waals surface area contributed by atoms with Crippen LogP contribution in [0.15, 0.2) is 48.5 Å². The largest absolute Gasteiger partial charge is 0.435 e. The fourth-order valence-corrected chi connectivity index (χ4v) is 2.16. The molecule has 0 aliphatic carbocycles. The molecule has 0 fully saturated rings. The number of hydrogen-bond acceptors (Lipinski definition) is 3. The molecule has 0 bridgehead atoms. The Morgan fingerprint density at radius 3 is 2.48 bits per heavy atom. The molecule has 2 aromatic rings. The van der Waals surface area contributed by atoms with Crippen molar-refractivity contribution in [3.63, 3.8) is 0 Å². The van der Waals surface area contributed by atoms with E-state index in [1.165, 1.54) is 6.07 Å². The molecule has 0 saturated carbocycles. The van der Waals surface area contributed by atoms with Crippen LogP contribution in [0.25, 0.3) is 0 Å². The molecule has 0 radical (unpaired) electrons. The molecule has 0 aliphatic rings. The number of hydrazine groups is 1. The third-order valence-electron chi connectivity index (χ3n) is 3.04. The molecule has 3 N–H and O–H groups in total. The van der Waals surface area contributed by atoms with Crippen molar-refractivity contribution >= 4 is 11.6 Å². The number of nitrogens with one attached hydrogen (secondary N) is 1. The van der Waals surface area contributed by atoms with Gasteiger partial charge < -0.3 is 4.74 Å². The Morgan fingerprint density at radius 1 is 1.14 bits per heavy atom. The van der Waals surface area contributed by atoms with E-state index in [2.05, 4.69) is 10.2 Å². The topological polar surface area (TPSA) is 47.3 Å². The highest BCUT2D eigenvalue weighted by Crippen LogP contribution is 2.23. The van der Waals surface area contributed by atoms with Crippen LogP contribution in [0.1, 0.15) is 17.2 Å². The summed E-state index contributed by atoms with van der Waals surface area (Å²) in [4.78, 5) is 0. The number of benzene rings is 2. The first kappa shape index (κ1) is 15.7. The van der Waals surface area contributed by atoms with Gasteiger partial charge in [0.15, 0.2) is 0 Å². The predicted molar refractivity (Wildman–Crippen MR) is 78.3 cm³/mol. The highest BCUT2D eigenvalue weighted by Gasteiger charge is 2.13. The van der Waals surface area contributed by atoms with E-state index in [0.717, 1.165) is 11.1 Å². The van der Waals surface area contributed by atoms with Crippen molar-refractivity contribution in [1.29, 1.82) is 0 Å². The molecule has 0 heterocycles. The van der Waals surface area contributed by atoms with Crippen LogP contribution in [-0.2, 0) is 6.42 Å². The number of ether oxygens (including phenoxy) is 1. The van der Waals surface area contributed by atoms with Gasteiger partial charge >= 0.3 is 6.61 Å². The summed E-state index contributed by atoms with van der Waals surface area (Å²) in [5.74, 6) is 5.68. The highest BCUT2D eigenvalue weighted by molar-refractivity contribution is 6.30. The zero-order valence-corrected chi connectivity index (χ0v) is 11.9. The fourth-order valence-electron chi connectivity index (χ4n) is 2.04. The average Bonchev–Trinajstić information content (AvgIpc) is 2.46. The maximum Gasteiger partial charge on any atom is 0.387 e. The minimum absolute atomic E-state index is 0.110. The van der Waals surface area contributed by atoms with Crippen LogP contribution in [0, 0.1) is 0 Å². The summed E-state index contributed by atoms with van der Waals surface area (Å²) in [5.41, 5.74) is 4.49. The van der Waals surface area contributed by atoms with Crippen LogP contribution >= 0.6 is 11.6 Å². The van der Waals surface area contributed by atoms with E-state index in [0.29, 0.717) is 11.4 Å². The van der Waals surface area contributed by atoms with Crippen LogP contribution in [-0.4, -0.2) is 6.61 Å². The molecule has 2 aromatic carbocycles. The Bertz CT molecular complexity index is 578. The quantitative estimate of drug-likeness (QED) is 0.632. The predicted octanol–water partition coefficient (Wildman–Crippen LogP) is 3.69. The van der Waals surface area contributed by atoms with Crippen molar-refractivity contribution < 1.29 is 13.5 Å². The van der Waals surface area contributed by atoms with Crippen LogP contribution in [0.5, 0.6) is 5.75 Å². The molecule has 112 valence electrons. The fraction of sp³-hybridized carbons (Fsp3) is 0.200. The van der Waals surface area contributed by atoms with Crippen molar-refractivity contribution in [2.75, 3.05) is 0 Å². The van der Waals surface area contributed by atoms with E-state index in [-0.39, 0.29) is 11.8 Å². The summed E-state index contributed by atoms with van der Waals surface area (Å²) in [6, 6.07) is 13.6. The van der Waals surface area contributed by atoms with Gasteiger partial charge in [-0.1, -0.05) is 35.9 Å². The first-order chi connectivity index (χ1) is 10.1. The zero-order chi connectivity index (χ0) is 15.2. The Kier molecular flexibility index (Phi) is 5.50. The molecule has 0 spiro atoms. The molecule has 2 rings (SSSR count). The van der Waals surface area contributed by atoms with Gasteiger partial charge in [0.25, 0.3) is 0 Å². The molecule has 1 unspecified atom stereocenters. The number of hydrogen-bond donors (Lipinski definition) is 2. The second-order valence-corrected chi connectivity index (χ2v) is 4.94. The van der Waals surface area contributed by atoms with Gasteiger partial charge in [-0.05, 0) is 41.8 Å². The zero-order valence-electron chi connectivity index (χ0n) is 11.1. The molecule has 3 nitrogen and oxygen atoms in total. The molecular formula is C15H15ClF2N2O. The first-order valence-electron chi connectivity index (χ1n) is 6.34. The van der Waals surface area contributed by atoms with Gasteiger partial charge in [-0.25, -0.2) is 0 Å². The number of nitrogens with two attached hydrogens (primary N) is 1. The third kappa shape index (κ3) is 4.67. The Hall–Kier alpha value is -1.69. The number of alkyl halides is 2. The number of halogens is 3. The van der Waals surface area contributed by atoms with Gasteiger partial charge in [0.1, 0.15) is 5.75 Å². The molecule has 0 saturated heterocycles. The molecule has 0 aliphatic heterocycles. The second-order valence-electron chi connectivity index (χ2n) is 4.50. The monoisotopic (exact) mass is 312 g/mol. The lowest BCUT2D eigenvalue weighted by atomic mass is 9.99. The van der Waals surface area contributed by atoms with Gasteiger partial charge in [-0.2, -0.15) is 8.78 Å². The lowest BCUT2D eigenvalue weighted by molar-refractivity contribution is -0.0499. The van der Waals surface area contributed by atoms with Gasteiger partial charge in [0.2, 0.25) is 0 Å². The van der Waals surface area contributed by atoms with E-state index < -0.39 is 6.61 Å². The van der Waals surface area contributed by atoms with E-state index in [4.69, 9.17) is 17.4 Å². The lowest BCUT2D eigenvalue weighted by Gasteiger charge is -2.17. The SMILES string of the molecule is NNC(Cc1ccc(Cl)cc1)c1cccc(OC(F)F)c1. The van der Waals surface area contributed by atoms with Crippen molar-refractivity contribution in [2.45, 2.75) is 19.1 Å². The van der Waals surface area contributed by atoms with E-state index >= 15 is 0 Å². The molecule has 21 heavy (non-hydrogen) atoms. The average molecular weight is 313 g/mol. The molecule has 0 aromatic heterocycles. The normalized spacial score (nSPS) is 12.4. The number of rotatable bonds is 6. The summed E-state index contributed by atoms with van der Waals surface area (Å²) < 4.78 is 28.9. The van der Waals surface area contributed by atoms with Gasteiger partial charge in [0, 0.05) is 5.02 Å². The van der Waals surface area contributed by atoms with Crippen molar-refractivity contribution in [1.82, 2.24) is 5.43 Å². The van der Waals surface area contributed by atoms with E-state index in [1.807, 2.05) is 12.1 Å². The van der Waals surface area contributed by atoms with Gasteiger partial charge in [0.05, 0.1) is 6.04 Å². The van der Waals surface area contributed by atoms with Crippen LogP contribution in [0.3, 0.4) is 0 Å². The maximum atomic E-state index is 12.2. The summed E-state index contributed by atoms with van der Waals surface area (Å²) in [6.45, 7) is -2.85. The summed E-state index contributed by atoms with van der Waals surface area (Å²) in [5, 5.41) is 0.656. The maximum absolute atomic E-state index is 12.2. The highest BCUT2D eigenvalue weighted by atomic mass is 35.5. The Labute approximate surface area is 126 Å². The molecule has 0 amide bonds. The van der Waals surface area contributed by atoms with Crippen LogP contribution in [0.4, 0.5) is 8.78 Å². The molecule has 6 heteroatoms. The van der Waals surface area contributed by atoms with Crippen LogP contribution in [0.2, 0.25) is 5.02 Å². The van der Waals surface area contributed by atoms with Gasteiger partial charge in [-0.15, -0.1) is 0 Å². The standard InChI is InChI=1S/C15H15ClF2N2O/c16-12-6-4-10(5-7-12)8-14(20-19)11-2-1-3-13(9-11)21-15(17)18/h1-7,9,14-15,20H,8,19H2. The summed E-state index contributed by atoms with van der Waals surface area (Å²) >= 11 is 5.84. The van der Waals surface area contributed by atoms with Crippen LogP contribution < -0.4 is 16.0 Å². The molecule has 1 atom stereocenters. The minimum Gasteiger partial charge on any atom is -0.435 e. The van der Waals surface area contributed by atoms with E-state index in [1.54, 1.807) is 30.3 Å². The molecular weight excluding hydrogens is 298 g/mol. The summed E-state index contributed by atoms with van der Waals surface area (Å²) in [7, 11) is 0. The van der Waals surface area contributed by atoms with Crippen molar-refractivity contribution in [3.8, 4) is 5.75 Å². The Morgan fingerprint density at radius 2 is 1.86 bits per heavy atom. The van der Waals surface area contributed by atoms with Crippen molar-refractivity contribution in [3.05, 3.63) is 64.7 Å². The van der Waals surface area contributed by atoms with E-state index in [9.17, 15) is 8.78 Å². The Balaban J connectivity index is 2.15.